The van der Waals surface area contributed by atoms with Crippen LogP contribution in [0.15, 0.2) is 48.5 Å². The summed E-state index contributed by atoms with van der Waals surface area (Å²) >= 11 is 0. The zero-order valence-electron chi connectivity index (χ0n) is 19.5. The van der Waals surface area contributed by atoms with Crippen molar-refractivity contribution >= 4 is 18.0 Å². The van der Waals surface area contributed by atoms with Crippen molar-refractivity contribution < 1.29 is 24.2 Å². The molecule has 2 saturated heterocycles. The third-order valence-electron chi connectivity index (χ3n) is 7.59. The van der Waals surface area contributed by atoms with Crippen LogP contribution < -0.4 is 5.32 Å². The SMILES string of the molecule is CC(C)(CNC(=O)OCC1c2ccccc2-c2ccccc21)CC(=O)N1CC2CC1(C(=O)O)C2. The fourth-order valence-corrected chi connectivity index (χ4v) is 5.84. The molecule has 0 radical (unpaired) electrons. The lowest BCUT2D eigenvalue weighted by Crippen LogP contribution is -2.55. The fraction of sp³-hybridized carbons (Fsp3) is 0.444. The summed E-state index contributed by atoms with van der Waals surface area (Å²) < 4.78 is 5.59. The maximum Gasteiger partial charge on any atom is 0.407 e. The van der Waals surface area contributed by atoms with E-state index < -0.39 is 23.0 Å². The number of alkyl carbamates (subject to hydrolysis) is 1. The Hall–Kier alpha value is -3.35. The number of carboxylic acids is 1. The van der Waals surface area contributed by atoms with Gasteiger partial charge < -0.3 is 20.1 Å². The number of nitrogens with one attached hydrogen (secondary N) is 1. The Morgan fingerprint density at radius 2 is 1.65 bits per heavy atom. The molecule has 2 aliphatic heterocycles. The first kappa shape index (κ1) is 22.4. The molecule has 0 atom stereocenters. The van der Waals surface area contributed by atoms with Gasteiger partial charge in [0, 0.05) is 25.4 Å². The first-order valence-corrected chi connectivity index (χ1v) is 11.8. The van der Waals surface area contributed by atoms with Crippen molar-refractivity contribution in [3.05, 3.63) is 59.7 Å². The van der Waals surface area contributed by atoms with E-state index in [-0.39, 0.29) is 31.4 Å². The maximum absolute atomic E-state index is 12.9. The molecular formula is C27H30N2O5. The highest BCUT2D eigenvalue weighted by atomic mass is 16.5. The molecule has 3 fully saturated rings. The Morgan fingerprint density at radius 1 is 1.06 bits per heavy atom. The number of hydrogen-bond acceptors (Lipinski definition) is 4. The Bertz CT molecular complexity index is 1110. The van der Waals surface area contributed by atoms with E-state index in [1.54, 1.807) is 0 Å². The van der Waals surface area contributed by atoms with Crippen LogP contribution in [0.2, 0.25) is 0 Å². The van der Waals surface area contributed by atoms with Crippen molar-refractivity contribution in [1.29, 1.82) is 0 Å². The van der Waals surface area contributed by atoms with Crippen molar-refractivity contribution in [2.24, 2.45) is 11.3 Å². The monoisotopic (exact) mass is 462 g/mol. The average Bonchev–Trinajstić information content (AvgIpc) is 3.45. The molecule has 4 aliphatic rings. The summed E-state index contributed by atoms with van der Waals surface area (Å²) in [4.78, 5) is 38.7. The molecule has 0 aromatic heterocycles. The molecule has 2 aliphatic carbocycles. The van der Waals surface area contributed by atoms with Crippen LogP contribution in [-0.4, -0.2) is 53.2 Å². The van der Waals surface area contributed by atoms with Gasteiger partial charge in [0.25, 0.3) is 0 Å². The number of carbonyl (C=O) groups excluding carboxylic acids is 2. The van der Waals surface area contributed by atoms with E-state index in [2.05, 4.69) is 29.6 Å². The van der Waals surface area contributed by atoms with Crippen molar-refractivity contribution in [2.75, 3.05) is 19.7 Å². The molecule has 2 N–H and O–H groups in total. The van der Waals surface area contributed by atoms with Gasteiger partial charge in [-0.05, 0) is 46.4 Å². The van der Waals surface area contributed by atoms with Crippen LogP contribution in [0.3, 0.4) is 0 Å². The lowest BCUT2D eigenvalue weighted by molar-refractivity contribution is -0.159. The van der Waals surface area contributed by atoms with Crippen molar-refractivity contribution in [3.8, 4) is 11.1 Å². The molecule has 34 heavy (non-hydrogen) atoms. The second kappa shape index (κ2) is 8.15. The Kier molecular flexibility index (Phi) is 5.38. The third kappa shape index (κ3) is 3.73. The van der Waals surface area contributed by atoms with Gasteiger partial charge in [-0.2, -0.15) is 0 Å². The van der Waals surface area contributed by atoms with E-state index >= 15 is 0 Å². The quantitative estimate of drug-likeness (QED) is 0.648. The summed E-state index contributed by atoms with van der Waals surface area (Å²) in [6.07, 6.45) is 0.741. The standard InChI is InChI=1S/C27H30N2O5/c1-26(2,13-23(30)29-14-17-11-27(29,12-17)24(31)32)16-28-25(33)34-15-22-20-9-5-3-7-18(20)19-8-4-6-10-21(19)22/h3-10,17,22H,11-16H2,1-2H3,(H,28,33)(H,31,32). The third-order valence-corrected chi connectivity index (χ3v) is 7.59. The molecule has 7 heteroatoms. The van der Waals surface area contributed by atoms with Crippen LogP contribution in [0.25, 0.3) is 11.1 Å². The Morgan fingerprint density at radius 3 is 2.24 bits per heavy atom. The fourth-order valence-electron chi connectivity index (χ4n) is 5.84. The highest BCUT2D eigenvalue weighted by molar-refractivity contribution is 5.89. The minimum atomic E-state index is -1.02. The van der Waals surface area contributed by atoms with Crippen LogP contribution in [0, 0.1) is 11.3 Å². The smallest absolute Gasteiger partial charge is 0.407 e. The molecule has 0 spiro atoms. The molecule has 6 rings (SSSR count). The largest absolute Gasteiger partial charge is 0.479 e. The second-order valence-corrected chi connectivity index (χ2v) is 10.6. The highest BCUT2D eigenvalue weighted by Gasteiger charge is 2.62. The number of ether oxygens (including phenoxy) is 1. The van der Waals surface area contributed by atoms with E-state index in [0.29, 0.717) is 25.3 Å². The number of carbonyl (C=O) groups is 3. The van der Waals surface area contributed by atoms with Crippen molar-refractivity contribution in [2.45, 2.75) is 44.6 Å². The highest BCUT2D eigenvalue weighted by Crippen LogP contribution is 2.51. The average molecular weight is 463 g/mol. The summed E-state index contributed by atoms with van der Waals surface area (Å²) in [5.74, 6) is -0.797. The molecule has 7 nitrogen and oxygen atoms in total. The number of fused-ring (bicyclic) bond motifs is 4. The number of amides is 2. The van der Waals surface area contributed by atoms with Gasteiger partial charge in [-0.25, -0.2) is 9.59 Å². The predicted molar refractivity (Wildman–Crippen MR) is 126 cm³/mol. The molecule has 2 aromatic rings. The van der Waals surface area contributed by atoms with E-state index in [1.807, 2.05) is 38.1 Å². The first-order chi connectivity index (χ1) is 16.2. The van der Waals surface area contributed by atoms with E-state index in [0.717, 1.165) is 11.1 Å². The lowest BCUT2D eigenvalue weighted by atomic mass is 9.73. The van der Waals surface area contributed by atoms with E-state index in [9.17, 15) is 19.5 Å². The van der Waals surface area contributed by atoms with Crippen LogP contribution >= 0.6 is 0 Å². The molecule has 2 bridgehead atoms. The molecule has 1 saturated carbocycles. The summed E-state index contributed by atoms with van der Waals surface area (Å²) in [5, 5.41) is 12.4. The Labute approximate surface area is 199 Å². The maximum atomic E-state index is 12.9. The molecular weight excluding hydrogens is 432 g/mol. The van der Waals surface area contributed by atoms with Gasteiger partial charge in [0.1, 0.15) is 12.1 Å². The molecule has 2 aromatic carbocycles. The summed E-state index contributed by atoms with van der Waals surface area (Å²) in [6.45, 7) is 4.79. The van der Waals surface area contributed by atoms with Gasteiger partial charge in [0.05, 0.1) is 0 Å². The van der Waals surface area contributed by atoms with Gasteiger partial charge in [-0.15, -0.1) is 0 Å². The second-order valence-electron chi connectivity index (χ2n) is 10.6. The van der Waals surface area contributed by atoms with E-state index in [1.165, 1.54) is 16.0 Å². The molecule has 178 valence electrons. The summed E-state index contributed by atoms with van der Waals surface area (Å²) in [5.41, 5.74) is 3.10. The van der Waals surface area contributed by atoms with Crippen LogP contribution in [0.4, 0.5) is 4.79 Å². The van der Waals surface area contributed by atoms with Gasteiger partial charge in [0.15, 0.2) is 0 Å². The van der Waals surface area contributed by atoms with Gasteiger partial charge in [-0.3, -0.25) is 4.79 Å². The van der Waals surface area contributed by atoms with Gasteiger partial charge in [0.2, 0.25) is 5.91 Å². The number of aliphatic carboxylic acids is 1. The summed E-state index contributed by atoms with van der Waals surface area (Å²) in [6, 6.07) is 16.3. The number of rotatable bonds is 7. The predicted octanol–water partition coefficient (Wildman–Crippen LogP) is 4.02. The topological polar surface area (TPSA) is 95.9 Å². The molecule has 0 unspecified atom stereocenters. The molecule has 2 heterocycles. The minimum Gasteiger partial charge on any atom is -0.479 e. The summed E-state index contributed by atoms with van der Waals surface area (Å²) in [7, 11) is 0. The normalized spacial score (nSPS) is 22.5. The number of carboxylic acid groups (broad SMARTS) is 1. The van der Waals surface area contributed by atoms with Crippen LogP contribution in [-0.2, 0) is 14.3 Å². The zero-order valence-corrected chi connectivity index (χ0v) is 19.5. The first-order valence-electron chi connectivity index (χ1n) is 11.8. The van der Waals surface area contributed by atoms with E-state index in [4.69, 9.17) is 4.74 Å². The zero-order chi connectivity index (χ0) is 24.1. The van der Waals surface area contributed by atoms with Crippen LogP contribution in [0.5, 0.6) is 0 Å². The lowest BCUT2D eigenvalue weighted by Gasteiger charge is -2.38. The molecule has 2 amide bonds. The number of hydrogen-bond donors (Lipinski definition) is 2. The number of nitrogens with zero attached hydrogens (tertiary/aromatic N) is 1. The van der Waals surface area contributed by atoms with Gasteiger partial charge in [-0.1, -0.05) is 62.4 Å². The number of benzene rings is 2. The van der Waals surface area contributed by atoms with Gasteiger partial charge >= 0.3 is 12.1 Å². The minimum absolute atomic E-state index is 0.0124. The van der Waals surface area contributed by atoms with Crippen LogP contribution in [0.1, 0.15) is 50.2 Å². The van der Waals surface area contributed by atoms with Crippen molar-refractivity contribution in [1.82, 2.24) is 10.2 Å². The van der Waals surface area contributed by atoms with Crippen molar-refractivity contribution in [3.63, 3.8) is 0 Å². The Balaban J connectivity index is 1.15.